The highest BCUT2D eigenvalue weighted by Crippen LogP contribution is 2.28. The summed E-state index contributed by atoms with van der Waals surface area (Å²) in [6.45, 7) is 3.26. The zero-order valence-corrected chi connectivity index (χ0v) is 12.8. The summed E-state index contributed by atoms with van der Waals surface area (Å²) in [5.41, 5.74) is 1.21. The van der Waals surface area contributed by atoms with E-state index in [1.165, 1.54) is 6.20 Å². The van der Waals surface area contributed by atoms with Crippen LogP contribution in [0, 0.1) is 5.41 Å². The predicted octanol–water partition coefficient (Wildman–Crippen LogP) is 2.34. The Morgan fingerprint density at radius 2 is 2.27 bits per heavy atom. The molecule has 2 heterocycles. The van der Waals surface area contributed by atoms with Gasteiger partial charge in [-0.1, -0.05) is 17.7 Å². The lowest BCUT2D eigenvalue weighted by Gasteiger charge is -2.17. The lowest BCUT2D eigenvalue weighted by atomic mass is 10.3. The molecule has 0 fully saturated rings. The average molecular weight is 319 g/mol. The number of nitrogens with zero attached hydrogens (tertiary/aromatic N) is 3. The Bertz CT molecular complexity index is 787. The molecule has 0 saturated heterocycles. The van der Waals surface area contributed by atoms with Gasteiger partial charge in [0.15, 0.2) is 0 Å². The normalized spacial score (nSPS) is 13.1. The van der Waals surface area contributed by atoms with Crippen LogP contribution in [0.3, 0.4) is 0 Å². The van der Waals surface area contributed by atoms with Gasteiger partial charge in [0.2, 0.25) is 5.95 Å². The number of carbonyl (C=O) groups excluding carboxylic acids is 1. The molecule has 1 aromatic carbocycles. The van der Waals surface area contributed by atoms with Gasteiger partial charge >= 0.3 is 5.97 Å². The van der Waals surface area contributed by atoms with Gasteiger partial charge in [-0.05, 0) is 25.1 Å². The van der Waals surface area contributed by atoms with Gasteiger partial charge in [-0.2, -0.15) is 0 Å². The van der Waals surface area contributed by atoms with Crippen molar-refractivity contribution < 1.29 is 9.53 Å². The molecule has 0 radical (unpaired) electrons. The predicted molar refractivity (Wildman–Crippen MR) is 82.5 cm³/mol. The summed E-state index contributed by atoms with van der Waals surface area (Å²) >= 11 is 6.03. The minimum absolute atomic E-state index is 0.118. The van der Waals surface area contributed by atoms with E-state index in [9.17, 15) is 4.79 Å². The van der Waals surface area contributed by atoms with Crippen molar-refractivity contribution in [3.05, 3.63) is 46.5 Å². The summed E-state index contributed by atoms with van der Waals surface area (Å²) in [5.74, 6) is 0.108. The van der Waals surface area contributed by atoms with Gasteiger partial charge in [-0.15, -0.1) is 0 Å². The van der Waals surface area contributed by atoms with Gasteiger partial charge < -0.3 is 9.64 Å². The first-order chi connectivity index (χ1) is 10.6. The average Bonchev–Trinajstić information content (AvgIpc) is 2.92. The van der Waals surface area contributed by atoms with Gasteiger partial charge in [0.05, 0.1) is 6.61 Å². The first-order valence-corrected chi connectivity index (χ1v) is 7.34. The third-order valence-electron chi connectivity index (χ3n) is 3.48. The molecule has 114 valence electrons. The Kier molecular flexibility index (Phi) is 3.85. The maximum absolute atomic E-state index is 11.8. The molecule has 0 bridgehead atoms. The highest BCUT2D eigenvalue weighted by atomic mass is 35.5. The Hall–Kier alpha value is -2.34. The van der Waals surface area contributed by atoms with Crippen LogP contribution in [-0.4, -0.2) is 28.7 Å². The first kappa shape index (κ1) is 14.6. The SMILES string of the molecule is CCOC(=O)c1cnc2n(c1=N)CCN2c1cccc(Cl)c1. The molecule has 0 saturated carbocycles. The number of carbonyl (C=O) groups is 1. The maximum atomic E-state index is 11.8. The fourth-order valence-corrected chi connectivity index (χ4v) is 2.66. The third-order valence-corrected chi connectivity index (χ3v) is 3.71. The van der Waals surface area contributed by atoms with Crippen molar-refractivity contribution in [3.63, 3.8) is 0 Å². The van der Waals surface area contributed by atoms with Crippen LogP contribution in [0.25, 0.3) is 0 Å². The van der Waals surface area contributed by atoms with Crippen LogP contribution in [0.15, 0.2) is 30.5 Å². The fourth-order valence-electron chi connectivity index (χ4n) is 2.47. The van der Waals surface area contributed by atoms with E-state index in [1.54, 1.807) is 11.5 Å². The molecule has 6 nitrogen and oxygen atoms in total. The molecular weight excluding hydrogens is 304 g/mol. The number of benzene rings is 1. The molecule has 0 spiro atoms. The maximum Gasteiger partial charge on any atom is 0.343 e. The van der Waals surface area contributed by atoms with E-state index in [0.29, 0.717) is 24.1 Å². The Labute approximate surface area is 132 Å². The van der Waals surface area contributed by atoms with Crippen LogP contribution < -0.4 is 10.4 Å². The zero-order valence-electron chi connectivity index (χ0n) is 12.0. The first-order valence-electron chi connectivity index (χ1n) is 6.96. The number of fused-ring (bicyclic) bond motifs is 1. The van der Waals surface area contributed by atoms with Gasteiger partial charge in [0.1, 0.15) is 11.1 Å². The van der Waals surface area contributed by atoms with Gasteiger partial charge in [0.25, 0.3) is 0 Å². The molecule has 22 heavy (non-hydrogen) atoms. The zero-order chi connectivity index (χ0) is 15.7. The number of aromatic nitrogens is 2. The number of anilines is 2. The largest absolute Gasteiger partial charge is 0.462 e. The second kappa shape index (κ2) is 5.81. The van der Waals surface area contributed by atoms with Crippen LogP contribution in [0.5, 0.6) is 0 Å². The van der Waals surface area contributed by atoms with Crippen LogP contribution in [0.4, 0.5) is 11.6 Å². The van der Waals surface area contributed by atoms with E-state index in [1.807, 2.05) is 29.2 Å². The molecule has 1 N–H and O–H groups in total. The van der Waals surface area contributed by atoms with Crippen molar-refractivity contribution in [3.8, 4) is 0 Å². The van der Waals surface area contributed by atoms with Crippen molar-refractivity contribution >= 4 is 29.2 Å². The number of ether oxygens (including phenoxy) is 1. The van der Waals surface area contributed by atoms with E-state index in [0.717, 1.165) is 5.69 Å². The smallest absolute Gasteiger partial charge is 0.343 e. The summed E-state index contributed by atoms with van der Waals surface area (Å²) < 4.78 is 6.65. The number of hydrogen-bond donors (Lipinski definition) is 1. The summed E-state index contributed by atoms with van der Waals surface area (Å²) in [7, 11) is 0. The Morgan fingerprint density at radius 3 is 3.00 bits per heavy atom. The molecule has 3 rings (SSSR count). The molecule has 1 aliphatic rings. The molecule has 0 amide bonds. The molecule has 0 atom stereocenters. The van der Waals surface area contributed by atoms with Crippen molar-refractivity contribution in [2.45, 2.75) is 13.5 Å². The molecule has 0 aliphatic carbocycles. The molecule has 1 aliphatic heterocycles. The van der Waals surface area contributed by atoms with Gasteiger partial charge in [-0.25, -0.2) is 9.78 Å². The minimum Gasteiger partial charge on any atom is -0.462 e. The van der Waals surface area contributed by atoms with Gasteiger partial charge in [0, 0.05) is 30.0 Å². The van der Waals surface area contributed by atoms with Crippen molar-refractivity contribution in [2.75, 3.05) is 18.1 Å². The van der Waals surface area contributed by atoms with Crippen LogP contribution in [-0.2, 0) is 11.3 Å². The second-order valence-corrected chi connectivity index (χ2v) is 5.26. The van der Waals surface area contributed by atoms with Crippen LogP contribution in [0.1, 0.15) is 17.3 Å². The highest BCUT2D eigenvalue weighted by molar-refractivity contribution is 6.30. The summed E-state index contributed by atoms with van der Waals surface area (Å²) in [6, 6.07) is 7.46. The van der Waals surface area contributed by atoms with E-state index in [4.69, 9.17) is 21.7 Å². The van der Waals surface area contributed by atoms with Gasteiger partial charge in [-0.3, -0.25) is 9.98 Å². The second-order valence-electron chi connectivity index (χ2n) is 4.82. The summed E-state index contributed by atoms with van der Waals surface area (Å²) in [6.07, 6.45) is 1.40. The number of rotatable bonds is 3. The fraction of sp³-hybridized carbons (Fsp3) is 0.267. The molecule has 2 aromatic rings. The summed E-state index contributed by atoms with van der Waals surface area (Å²) in [4.78, 5) is 18.1. The van der Waals surface area contributed by atoms with Crippen LogP contribution in [0.2, 0.25) is 5.02 Å². The lowest BCUT2D eigenvalue weighted by molar-refractivity contribution is 0.0522. The Balaban J connectivity index is 2.01. The van der Waals surface area contributed by atoms with Crippen LogP contribution >= 0.6 is 11.6 Å². The van der Waals surface area contributed by atoms with Crippen molar-refractivity contribution in [1.82, 2.24) is 9.55 Å². The monoisotopic (exact) mass is 318 g/mol. The van der Waals surface area contributed by atoms with Crippen molar-refractivity contribution in [1.29, 1.82) is 5.41 Å². The number of esters is 1. The number of halogens is 1. The molecular formula is C15H15ClN4O2. The highest BCUT2D eigenvalue weighted by Gasteiger charge is 2.24. The molecule has 0 unspecified atom stereocenters. The van der Waals surface area contributed by atoms with E-state index >= 15 is 0 Å². The number of nitrogens with one attached hydrogen (secondary N) is 1. The number of hydrogen-bond acceptors (Lipinski definition) is 5. The standard InChI is InChI=1S/C15H15ClN4O2/c1-2-22-14(21)12-9-18-15-19(6-7-20(15)13(12)17)11-5-3-4-10(16)8-11/h3-5,8-9,17H,2,6-7H2,1H3. The molecule has 1 aromatic heterocycles. The van der Waals surface area contributed by atoms with E-state index in [2.05, 4.69) is 4.98 Å². The lowest BCUT2D eigenvalue weighted by Crippen LogP contribution is -2.27. The van der Waals surface area contributed by atoms with E-state index < -0.39 is 5.97 Å². The van der Waals surface area contributed by atoms with Crippen molar-refractivity contribution in [2.24, 2.45) is 0 Å². The topological polar surface area (TPSA) is 71.2 Å². The summed E-state index contributed by atoms with van der Waals surface area (Å²) in [5, 5.41) is 8.84. The quantitative estimate of drug-likeness (QED) is 0.882. The third kappa shape index (κ3) is 2.46. The molecule has 7 heteroatoms. The Morgan fingerprint density at radius 1 is 1.45 bits per heavy atom. The minimum atomic E-state index is -0.517. The van der Waals surface area contributed by atoms with E-state index in [-0.39, 0.29) is 17.7 Å².